The number of hydrogen-bond acceptors (Lipinski definition) is 6. The standard InChI is InChI=1S/C12H21N5O/c1-3-4-14-10-7-11(16-12(13)15-10)17-5-6-18-9(2)8-17/h7,9H,3-6,8H2,1-2H3,(H3,13,14,15,16). The molecule has 6 nitrogen and oxygen atoms in total. The molecule has 0 saturated carbocycles. The molecule has 2 heterocycles. The van der Waals surface area contributed by atoms with E-state index >= 15 is 0 Å². The van der Waals surface area contributed by atoms with Gasteiger partial charge in [0.05, 0.1) is 12.7 Å². The van der Waals surface area contributed by atoms with E-state index in [1.807, 2.05) is 6.07 Å². The number of anilines is 3. The summed E-state index contributed by atoms with van der Waals surface area (Å²) in [5, 5.41) is 3.24. The lowest BCUT2D eigenvalue weighted by molar-refractivity contribution is 0.0529. The molecule has 1 fully saturated rings. The van der Waals surface area contributed by atoms with Crippen molar-refractivity contribution in [1.29, 1.82) is 0 Å². The molecule has 6 heteroatoms. The van der Waals surface area contributed by atoms with Crippen LogP contribution >= 0.6 is 0 Å². The van der Waals surface area contributed by atoms with Crippen LogP contribution in [-0.4, -0.2) is 42.3 Å². The quantitative estimate of drug-likeness (QED) is 0.834. The largest absolute Gasteiger partial charge is 0.375 e. The number of ether oxygens (including phenoxy) is 1. The molecule has 100 valence electrons. The lowest BCUT2D eigenvalue weighted by atomic mass is 10.3. The molecular formula is C12H21N5O. The number of aromatic nitrogens is 2. The summed E-state index contributed by atoms with van der Waals surface area (Å²) in [6.07, 6.45) is 1.27. The Morgan fingerprint density at radius 2 is 2.39 bits per heavy atom. The van der Waals surface area contributed by atoms with E-state index in [-0.39, 0.29) is 6.10 Å². The van der Waals surface area contributed by atoms with Crippen molar-refractivity contribution in [2.24, 2.45) is 0 Å². The lowest BCUT2D eigenvalue weighted by Gasteiger charge is -2.32. The summed E-state index contributed by atoms with van der Waals surface area (Å²) in [4.78, 5) is 10.7. The van der Waals surface area contributed by atoms with Crippen LogP contribution in [0, 0.1) is 0 Å². The van der Waals surface area contributed by atoms with Crippen molar-refractivity contribution >= 4 is 17.6 Å². The molecule has 1 atom stereocenters. The lowest BCUT2D eigenvalue weighted by Crippen LogP contribution is -2.41. The predicted molar refractivity (Wildman–Crippen MR) is 72.9 cm³/mol. The van der Waals surface area contributed by atoms with Gasteiger partial charge in [0, 0.05) is 25.7 Å². The summed E-state index contributed by atoms with van der Waals surface area (Å²) in [5.74, 6) is 1.97. The number of hydrogen-bond donors (Lipinski definition) is 2. The van der Waals surface area contributed by atoms with Crippen molar-refractivity contribution in [2.75, 3.05) is 42.2 Å². The highest BCUT2D eigenvalue weighted by Crippen LogP contribution is 2.19. The van der Waals surface area contributed by atoms with Crippen LogP contribution in [0.5, 0.6) is 0 Å². The molecule has 0 radical (unpaired) electrons. The first kappa shape index (κ1) is 12.9. The van der Waals surface area contributed by atoms with Gasteiger partial charge in [0.25, 0.3) is 0 Å². The fourth-order valence-electron chi connectivity index (χ4n) is 1.98. The van der Waals surface area contributed by atoms with Gasteiger partial charge in [-0.1, -0.05) is 6.92 Å². The number of rotatable bonds is 4. The van der Waals surface area contributed by atoms with Crippen molar-refractivity contribution in [2.45, 2.75) is 26.4 Å². The Kier molecular flexibility index (Phi) is 4.19. The minimum atomic E-state index is 0.224. The average molecular weight is 251 g/mol. The van der Waals surface area contributed by atoms with Crippen LogP contribution < -0.4 is 16.0 Å². The van der Waals surface area contributed by atoms with E-state index in [0.717, 1.165) is 44.3 Å². The number of nitrogens with two attached hydrogens (primary N) is 1. The van der Waals surface area contributed by atoms with Crippen molar-refractivity contribution < 1.29 is 4.74 Å². The van der Waals surface area contributed by atoms with Gasteiger partial charge in [-0.2, -0.15) is 9.97 Å². The van der Waals surface area contributed by atoms with Crippen LogP contribution in [0.4, 0.5) is 17.6 Å². The van der Waals surface area contributed by atoms with E-state index in [4.69, 9.17) is 10.5 Å². The molecule has 1 saturated heterocycles. The third kappa shape index (κ3) is 3.22. The molecule has 18 heavy (non-hydrogen) atoms. The number of morpholine rings is 1. The summed E-state index contributed by atoms with van der Waals surface area (Å²) in [6, 6.07) is 1.95. The van der Waals surface area contributed by atoms with Gasteiger partial charge in [0.15, 0.2) is 0 Å². The molecule has 1 unspecified atom stereocenters. The van der Waals surface area contributed by atoms with Crippen molar-refractivity contribution in [3.8, 4) is 0 Å². The molecular weight excluding hydrogens is 230 g/mol. The summed E-state index contributed by atoms with van der Waals surface area (Å²) >= 11 is 0. The molecule has 0 aliphatic carbocycles. The van der Waals surface area contributed by atoms with E-state index in [1.54, 1.807) is 0 Å². The van der Waals surface area contributed by atoms with Gasteiger partial charge < -0.3 is 20.7 Å². The smallest absolute Gasteiger partial charge is 0.223 e. The van der Waals surface area contributed by atoms with Crippen LogP contribution in [0.3, 0.4) is 0 Å². The highest BCUT2D eigenvalue weighted by Gasteiger charge is 2.18. The second kappa shape index (κ2) is 5.86. The predicted octanol–water partition coefficient (Wildman–Crippen LogP) is 1.11. The molecule has 2 rings (SSSR count). The van der Waals surface area contributed by atoms with Crippen LogP contribution in [-0.2, 0) is 4.74 Å². The first-order chi connectivity index (χ1) is 8.69. The first-order valence-electron chi connectivity index (χ1n) is 6.44. The van der Waals surface area contributed by atoms with Gasteiger partial charge in [-0.3, -0.25) is 0 Å². The molecule has 0 amide bonds. The van der Waals surface area contributed by atoms with Crippen LogP contribution in [0.2, 0.25) is 0 Å². The van der Waals surface area contributed by atoms with Gasteiger partial charge in [-0.05, 0) is 13.3 Å². The fraction of sp³-hybridized carbons (Fsp3) is 0.667. The Morgan fingerprint density at radius 1 is 1.56 bits per heavy atom. The molecule has 0 bridgehead atoms. The summed E-state index contributed by atoms with van der Waals surface area (Å²) < 4.78 is 5.52. The third-order valence-corrected chi connectivity index (χ3v) is 2.85. The molecule has 3 N–H and O–H groups in total. The van der Waals surface area contributed by atoms with E-state index in [2.05, 4.69) is 34.0 Å². The van der Waals surface area contributed by atoms with Gasteiger partial charge in [-0.25, -0.2) is 0 Å². The summed E-state index contributed by atoms with van der Waals surface area (Å²) in [6.45, 7) is 7.46. The molecule has 0 aromatic carbocycles. The van der Waals surface area contributed by atoms with E-state index in [0.29, 0.717) is 5.95 Å². The molecule has 0 spiro atoms. The topological polar surface area (TPSA) is 76.3 Å². The van der Waals surface area contributed by atoms with Gasteiger partial charge in [-0.15, -0.1) is 0 Å². The Balaban J connectivity index is 2.13. The Labute approximate surface area is 108 Å². The number of nitrogens with zero attached hydrogens (tertiary/aromatic N) is 3. The fourth-order valence-corrected chi connectivity index (χ4v) is 1.98. The SMILES string of the molecule is CCCNc1cc(N2CCOC(C)C2)nc(N)n1. The van der Waals surface area contributed by atoms with E-state index in [9.17, 15) is 0 Å². The zero-order valence-corrected chi connectivity index (χ0v) is 11.0. The van der Waals surface area contributed by atoms with Crippen molar-refractivity contribution in [3.05, 3.63) is 6.07 Å². The Hall–Kier alpha value is -1.56. The second-order valence-corrected chi connectivity index (χ2v) is 4.52. The van der Waals surface area contributed by atoms with Crippen molar-refractivity contribution in [1.82, 2.24) is 9.97 Å². The zero-order chi connectivity index (χ0) is 13.0. The minimum absolute atomic E-state index is 0.224. The number of nitrogens with one attached hydrogen (secondary N) is 1. The van der Waals surface area contributed by atoms with E-state index in [1.165, 1.54) is 0 Å². The van der Waals surface area contributed by atoms with Crippen molar-refractivity contribution in [3.63, 3.8) is 0 Å². The van der Waals surface area contributed by atoms with E-state index < -0.39 is 0 Å². The maximum absolute atomic E-state index is 5.75. The molecule has 1 aliphatic heterocycles. The second-order valence-electron chi connectivity index (χ2n) is 4.52. The average Bonchev–Trinajstić information content (AvgIpc) is 2.36. The van der Waals surface area contributed by atoms with Crippen LogP contribution in [0.15, 0.2) is 6.07 Å². The van der Waals surface area contributed by atoms with Crippen LogP contribution in [0.1, 0.15) is 20.3 Å². The Bertz CT molecular complexity index is 398. The zero-order valence-electron chi connectivity index (χ0n) is 11.0. The Morgan fingerprint density at radius 3 is 3.11 bits per heavy atom. The van der Waals surface area contributed by atoms with Gasteiger partial charge in [0.1, 0.15) is 11.6 Å². The molecule has 1 aliphatic rings. The normalized spacial score (nSPS) is 19.9. The monoisotopic (exact) mass is 251 g/mol. The maximum atomic E-state index is 5.75. The van der Waals surface area contributed by atoms with Gasteiger partial charge in [0.2, 0.25) is 5.95 Å². The summed E-state index contributed by atoms with van der Waals surface area (Å²) in [7, 11) is 0. The highest BCUT2D eigenvalue weighted by molar-refractivity contribution is 5.52. The molecule has 1 aromatic heterocycles. The molecule has 1 aromatic rings. The van der Waals surface area contributed by atoms with Crippen LogP contribution in [0.25, 0.3) is 0 Å². The number of nitrogen functional groups attached to an aromatic ring is 1. The highest BCUT2D eigenvalue weighted by atomic mass is 16.5. The minimum Gasteiger partial charge on any atom is -0.375 e. The maximum Gasteiger partial charge on any atom is 0.223 e. The third-order valence-electron chi connectivity index (χ3n) is 2.85. The first-order valence-corrected chi connectivity index (χ1v) is 6.44. The summed E-state index contributed by atoms with van der Waals surface area (Å²) in [5.41, 5.74) is 5.75. The van der Waals surface area contributed by atoms with Gasteiger partial charge >= 0.3 is 0 Å².